The van der Waals surface area contributed by atoms with Crippen LogP contribution < -0.4 is 5.32 Å². The van der Waals surface area contributed by atoms with Gasteiger partial charge in [-0.15, -0.1) is 0 Å². The van der Waals surface area contributed by atoms with Crippen LogP contribution in [0.4, 0.5) is 0 Å². The van der Waals surface area contributed by atoms with Gasteiger partial charge in [-0.2, -0.15) is 0 Å². The van der Waals surface area contributed by atoms with Gasteiger partial charge in [0.25, 0.3) is 5.91 Å². The van der Waals surface area contributed by atoms with Gasteiger partial charge in [0.15, 0.2) is 6.10 Å². The molecule has 1 aliphatic rings. The molecule has 0 radical (unpaired) electrons. The highest BCUT2D eigenvalue weighted by molar-refractivity contribution is 5.81. The number of carbonyl (C=O) groups excluding carboxylic acids is 1. The summed E-state index contributed by atoms with van der Waals surface area (Å²) in [6.07, 6.45) is 0.418. The molecule has 2 rings (SSSR count). The van der Waals surface area contributed by atoms with Crippen LogP contribution in [0.2, 0.25) is 0 Å². The van der Waals surface area contributed by atoms with Crippen LogP contribution in [0.25, 0.3) is 0 Å². The number of nitrogens with one attached hydrogen (secondary N) is 1. The molecule has 4 heteroatoms. The maximum Gasteiger partial charge on any atom is 0.252 e. The van der Waals surface area contributed by atoms with E-state index in [2.05, 4.69) is 38.2 Å². The highest BCUT2D eigenvalue weighted by atomic mass is 16.6. The van der Waals surface area contributed by atoms with E-state index >= 15 is 0 Å². The Hall–Kier alpha value is -1.39. The van der Waals surface area contributed by atoms with Crippen LogP contribution in [-0.4, -0.2) is 31.8 Å². The van der Waals surface area contributed by atoms with Crippen molar-refractivity contribution >= 4 is 5.91 Å². The number of rotatable bonds is 5. The Bertz CT molecular complexity index is 467. The predicted molar refractivity (Wildman–Crippen MR) is 82.1 cm³/mol. The van der Waals surface area contributed by atoms with E-state index in [1.54, 1.807) is 0 Å². The maximum absolute atomic E-state index is 12.4. The molecule has 1 aromatic rings. The molecule has 0 aliphatic carbocycles. The van der Waals surface area contributed by atoms with Crippen LogP contribution in [0, 0.1) is 12.8 Å². The highest BCUT2D eigenvalue weighted by Gasteiger charge is 2.26. The molecule has 1 N–H and O–H groups in total. The van der Waals surface area contributed by atoms with Gasteiger partial charge in [-0.1, -0.05) is 38.1 Å². The fraction of sp³-hybridized carbons (Fsp3) is 0.588. The quantitative estimate of drug-likeness (QED) is 0.907. The van der Waals surface area contributed by atoms with Crippen molar-refractivity contribution in [1.29, 1.82) is 0 Å². The first-order valence-electron chi connectivity index (χ1n) is 7.63. The maximum atomic E-state index is 12.4. The minimum atomic E-state index is -0.488. The van der Waals surface area contributed by atoms with Gasteiger partial charge in [-0.25, -0.2) is 0 Å². The minimum absolute atomic E-state index is 0.0178. The normalized spacial score (nSPS) is 20.3. The van der Waals surface area contributed by atoms with E-state index in [1.165, 1.54) is 11.1 Å². The zero-order chi connectivity index (χ0) is 15.2. The number of amides is 1. The lowest BCUT2D eigenvalue weighted by Gasteiger charge is -2.27. The molecule has 1 heterocycles. The van der Waals surface area contributed by atoms with Gasteiger partial charge in [0.05, 0.1) is 25.9 Å². The van der Waals surface area contributed by atoms with Gasteiger partial charge in [0.2, 0.25) is 0 Å². The molecule has 2 atom stereocenters. The third-order valence-electron chi connectivity index (χ3n) is 3.70. The number of carbonyl (C=O) groups is 1. The number of hydrogen-bond acceptors (Lipinski definition) is 3. The lowest BCUT2D eigenvalue weighted by molar-refractivity contribution is -0.148. The molecule has 4 nitrogen and oxygen atoms in total. The Morgan fingerprint density at radius 1 is 1.33 bits per heavy atom. The van der Waals surface area contributed by atoms with Gasteiger partial charge in [-0.05, 0) is 30.4 Å². The van der Waals surface area contributed by atoms with Crippen LogP contribution in [0.1, 0.15) is 37.4 Å². The fourth-order valence-electron chi connectivity index (χ4n) is 2.62. The van der Waals surface area contributed by atoms with E-state index in [9.17, 15) is 4.79 Å². The van der Waals surface area contributed by atoms with Gasteiger partial charge < -0.3 is 14.8 Å². The molecule has 1 fully saturated rings. The van der Waals surface area contributed by atoms with Crippen molar-refractivity contribution in [1.82, 2.24) is 5.32 Å². The van der Waals surface area contributed by atoms with Crippen LogP contribution in [0.15, 0.2) is 24.3 Å². The van der Waals surface area contributed by atoms with E-state index in [0.717, 1.165) is 6.42 Å². The SMILES string of the molecule is Cc1ccccc1[C@@H](CC(C)C)NC(=O)[C@@H]1COCCO1. The summed E-state index contributed by atoms with van der Waals surface area (Å²) in [6, 6.07) is 8.22. The monoisotopic (exact) mass is 291 g/mol. The van der Waals surface area contributed by atoms with Crippen molar-refractivity contribution in [3.05, 3.63) is 35.4 Å². The number of hydrogen-bond donors (Lipinski definition) is 1. The van der Waals surface area contributed by atoms with E-state index in [0.29, 0.717) is 25.7 Å². The van der Waals surface area contributed by atoms with Gasteiger partial charge >= 0.3 is 0 Å². The predicted octanol–water partition coefficient (Wildman–Crippen LogP) is 2.61. The first-order valence-corrected chi connectivity index (χ1v) is 7.63. The van der Waals surface area contributed by atoms with E-state index in [4.69, 9.17) is 9.47 Å². The zero-order valence-electron chi connectivity index (χ0n) is 13.1. The first kappa shape index (κ1) is 16.0. The molecule has 116 valence electrons. The van der Waals surface area contributed by atoms with Gasteiger partial charge in [-0.3, -0.25) is 4.79 Å². The molecule has 0 saturated carbocycles. The van der Waals surface area contributed by atoms with E-state index in [-0.39, 0.29) is 11.9 Å². The zero-order valence-corrected chi connectivity index (χ0v) is 13.1. The van der Waals surface area contributed by atoms with Crippen LogP contribution in [0.5, 0.6) is 0 Å². The number of benzene rings is 1. The Morgan fingerprint density at radius 3 is 2.71 bits per heavy atom. The van der Waals surface area contributed by atoms with Crippen LogP contribution in [0.3, 0.4) is 0 Å². The molecule has 1 saturated heterocycles. The van der Waals surface area contributed by atoms with Crippen molar-refractivity contribution in [2.45, 2.75) is 39.3 Å². The molecule has 21 heavy (non-hydrogen) atoms. The largest absolute Gasteiger partial charge is 0.376 e. The molecular weight excluding hydrogens is 266 g/mol. The summed E-state index contributed by atoms with van der Waals surface area (Å²) in [7, 11) is 0. The van der Waals surface area contributed by atoms with Crippen LogP contribution >= 0.6 is 0 Å². The highest BCUT2D eigenvalue weighted by Crippen LogP contribution is 2.24. The molecule has 0 aromatic heterocycles. The Morgan fingerprint density at radius 2 is 2.10 bits per heavy atom. The smallest absolute Gasteiger partial charge is 0.252 e. The molecule has 1 aromatic carbocycles. The minimum Gasteiger partial charge on any atom is -0.376 e. The summed E-state index contributed by atoms with van der Waals surface area (Å²) in [6.45, 7) is 7.80. The fourth-order valence-corrected chi connectivity index (χ4v) is 2.62. The molecule has 0 unspecified atom stereocenters. The molecule has 0 bridgehead atoms. The summed E-state index contributed by atoms with van der Waals surface area (Å²) in [5.41, 5.74) is 2.38. The molecular formula is C17H25NO3. The van der Waals surface area contributed by atoms with Crippen molar-refractivity contribution in [2.75, 3.05) is 19.8 Å². The van der Waals surface area contributed by atoms with E-state index < -0.39 is 6.10 Å². The van der Waals surface area contributed by atoms with Gasteiger partial charge in [0.1, 0.15) is 0 Å². The molecule has 1 amide bonds. The van der Waals surface area contributed by atoms with Gasteiger partial charge in [0, 0.05) is 0 Å². The lowest BCUT2D eigenvalue weighted by atomic mass is 9.93. The topological polar surface area (TPSA) is 47.6 Å². The lowest BCUT2D eigenvalue weighted by Crippen LogP contribution is -2.44. The summed E-state index contributed by atoms with van der Waals surface area (Å²) in [4.78, 5) is 12.4. The van der Waals surface area contributed by atoms with Crippen molar-refractivity contribution in [3.8, 4) is 0 Å². The first-order chi connectivity index (χ1) is 10.1. The third-order valence-corrected chi connectivity index (χ3v) is 3.70. The Kier molecular flexibility index (Phi) is 5.76. The number of ether oxygens (including phenoxy) is 2. The molecule has 1 aliphatic heterocycles. The molecule has 0 spiro atoms. The summed E-state index contributed by atoms with van der Waals surface area (Å²) < 4.78 is 10.8. The second-order valence-electron chi connectivity index (χ2n) is 5.98. The second kappa shape index (κ2) is 7.57. The Balaban J connectivity index is 2.09. The average molecular weight is 291 g/mol. The summed E-state index contributed by atoms with van der Waals surface area (Å²) in [5, 5.41) is 3.13. The van der Waals surface area contributed by atoms with Crippen LogP contribution in [-0.2, 0) is 14.3 Å². The average Bonchev–Trinajstić information content (AvgIpc) is 2.47. The van der Waals surface area contributed by atoms with E-state index in [1.807, 2.05) is 12.1 Å². The Labute approximate surface area is 126 Å². The second-order valence-corrected chi connectivity index (χ2v) is 5.98. The summed E-state index contributed by atoms with van der Waals surface area (Å²) >= 11 is 0. The summed E-state index contributed by atoms with van der Waals surface area (Å²) in [5.74, 6) is 0.419. The third kappa shape index (κ3) is 4.55. The van der Waals surface area contributed by atoms with Crippen molar-refractivity contribution < 1.29 is 14.3 Å². The van der Waals surface area contributed by atoms with Crippen molar-refractivity contribution in [2.24, 2.45) is 5.92 Å². The number of aryl methyl sites for hydroxylation is 1. The standard InChI is InChI=1S/C17H25NO3/c1-12(2)10-15(14-7-5-4-6-13(14)3)18-17(19)16-11-20-8-9-21-16/h4-7,12,15-16H,8-11H2,1-3H3,(H,18,19)/t15-,16+/m1/s1. The van der Waals surface area contributed by atoms with Crippen molar-refractivity contribution in [3.63, 3.8) is 0 Å².